The van der Waals surface area contributed by atoms with Crippen LogP contribution in [0.25, 0.3) is 0 Å². The van der Waals surface area contributed by atoms with Crippen molar-refractivity contribution in [1.82, 2.24) is 15.5 Å². The number of piperidine rings is 1. The fourth-order valence-corrected chi connectivity index (χ4v) is 3.50. The zero-order valence-electron chi connectivity index (χ0n) is 19.5. The van der Waals surface area contributed by atoms with E-state index in [0.717, 1.165) is 5.56 Å². The molecule has 1 aromatic carbocycles. The molecule has 33 heavy (non-hydrogen) atoms. The number of carboxylic acid groups (broad SMARTS) is 1. The Bertz CT molecular complexity index is 838. The molecule has 1 aliphatic rings. The molecule has 1 fully saturated rings. The summed E-state index contributed by atoms with van der Waals surface area (Å²) >= 11 is 0. The van der Waals surface area contributed by atoms with Gasteiger partial charge in [-0.1, -0.05) is 30.3 Å². The van der Waals surface area contributed by atoms with Crippen LogP contribution in [0.2, 0.25) is 0 Å². The van der Waals surface area contributed by atoms with Gasteiger partial charge < -0.3 is 30.1 Å². The van der Waals surface area contributed by atoms with Crippen molar-refractivity contribution >= 4 is 24.1 Å². The third kappa shape index (κ3) is 8.28. The van der Waals surface area contributed by atoms with Crippen molar-refractivity contribution in [2.45, 2.75) is 77.3 Å². The summed E-state index contributed by atoms with van der Waals surface area (Å²) in [5.74, 6) is -1.72. The highest BCUT2D eigenvalue weighted by molar-refractivity contribution is 5.90. The molecule has 182 valence electrons. The first-order chi connectivity index (χ1) is 15.5. The highest BCUT2D eigenvalue weighted by Crippen LogP contribution is 2.19. The Hall–Kier alpha value is -3.30. The quantitative estimate of drug-likeness (QED) is 0.566. The summed E-state index contributed by atoms with van der Waals surface area (Å²) in [6, 6.07) is 5.87. The zero-order valence-corrected chi connectivity index (χ0v) is 19.5. The summed E-state index contributed by atoms with van der Waals surface area (Å²) in [4.78, 5) is 51.0. The summed E-state index contributed by atoms with van der Waals surface area (Å²) in [6.45, 7) is 6.86. The second kappa shape index (κ2) is 11.5. The van der Waals surface area contributed by atoms with Crippen molar-refractivity contribution in [3.8, 4) is 0 Å². The van der Waals surface area contributed by atoms with Crippen LogP contribution in [0.3, 0.4) is 0 Å². The number of ether oxygens (including phenoxy) is 2. The van der Waals surface area contributed by atoms with E-state index in [1.165, 1.54) is 11.8 Å². The smallest absolute Gasteiger partial charge is 0.408 e. The van der Waals surface area contributed by atoms with Gasteiger partial charge in [0.2, 0.25) is 5.91 Å². The molecule has 3 atom stereocenters. The van der Waals surface area contributed by atoms with Crippen LogP contribution in [-0.4, -0.2) is 64.3 Å². The first-order valence-electron chi connectivity index (χ1n) is 11.0. The second-order valence-corrected chi connectivity index (χ2v) is 9.00. The van der Waals surface area contributed by atoms with Gasteiger partial charge in [0.15, 0.2) is 0 Å². The molecule has 3 N–H and O–H groups in total. The predicted molar refractivity (Wildman–Crippen MR) is 119 cm³/mol. The number of rotatable bonds is 7. The molecular weight excluding hydrogens is 430 g/mol. The summed E-state index contributed by atoms with van der Waals surface area (Å²) in [6.07, 6.45) is 0.0258. The molecule has 0 aromatic heterocycles. The van der Waals surface area contributed by atoms with E-state index in [2.05, 4.69) is 10.6 Å². The number of hydrogen-bond acceptors (Lipinski definition) is 6. The fraction of sp³-hybridized carbons (Fsp3) is 0.565. The maximum absolute atomic E-state index is 13.3. The molecule has 1 saturated heterocycles. The largest absolute Gasteiger partial charge is 0.480 e. The van der Waals surface area contributed by atoms with Crippen LogP contribution < -0.4 is 10.6 Å². The van der Waals surface area contributed by atoms with E-state index in [4.69, 9.17) is 9.47 Å². The molecule has 0 radical (unpaired) electrons. The number of benzene rings is 1. The highest BCUT2D eigenvalue weighted by Gasteiger charge is 2.39. The lowest BCUT2D eigenvalue weighted by Gasteiger charge is -2.37. The molecule has 1 aliphatic heterocycles. The first kappa shape index (κ1) is 26.0. The monoisotopic (exact) mass is 463 g/mol. The lowest BCUT2D eigenvalue weighted by atomic mass is 9.99. The number of carbonyl (C=O) groups excluding carboxylic acids is 3. The van der Waals surface area contributed by atoms with Crippen LogP contribution in [0.5, 0.6) is 0 Å². The van der Waals surface area contributed by atoms with Crippen molar-refractivity contribution in [2.24, 2.45) is 0 Å². The number of carbonyl (C=O) groups is 4. The minimum atomic E-state index is -1.25. The average molecular weight is 464 g/mol. The van der Waals surface area contributed by atoms with Crippen LogP contribution in [0.4, 0.5) is 9.59 Å². The minimum absolute atomic E-state index is 0.0110. The van der Waals surface area contributed by atoms with E-state index in [1.54, 1.807) is 45.0 Å². The van der Waals surface area contributed by atoms with Gasteiger partial charge in [-0.15, -0.1) is 0 Å². The number of amides is 3. The molecule has 1 aromatic rings. The van der Waals surface area contributed by atoms with Gasteiger partial charge in [0.25, 0.3) is 0 Å². The number of alkyl carbamates (subject to hydrolysis) is 2. The van der Waals surface area contributed by atoms with Crippen molar-refractivity contribution in [1.29, 1.82) is 0 Å². The van der Waals surface area contributed by atoms with Gasteiger partial charge in [-0.25, -0.2) is 14.4 Å². The van der Waals surface area contributed by atoms with Crippen LogP contribution in [-0.2, 0) is 25.7 Å². The standard InChI is InChI=1S/C23H33N3O7/c1-15(24-22(31)33-23(2,3)4)18(19(27)26-13-9-8-12-17(26)20(28)29)25-21(30)32-14-16-10-6-5-7-11-16/h5-7,10-11,15,17-18H,8-9,12-14H2,1-4H3,(H,24,31)(H,25,30)(H,28,29). The van der Waals surface area contributed by atoms with Gasteiger partial charge in [0.05, 0.1) is 6.04 Å². The van der Waals surface area contributed by atoms with Gasteiger partial charge >= 0.3 is 18.2 Å². The average Bonchev–Trinajstić information content (AvgIpc) is 2.74. The maximum Gasteiger partial charge on any atom is 0.408 e. The van der Waals surface area contributed by atoms with Gasteiger partial charge in [0, 0.05) is 6.54 Å². The van der Waals surface area contributed by atoms with Gasteiger partial charge in [-0.3, -0.25) is 4.79 Å². The number of nitrogens with zero attached hydrogens (tertiary/aromatic N) is 1. The van der Waals surface area contributed by atoms with Crippen LogP contribution in [0.15, 0.2) is 30.3 Å². The summed E-state index contributed by atoms with van der Waals surface area (Å²) in [7, 11) is 0. The molecule has 0 bridgehead atoms. The van der Waals surface area contributed by atoms with E-state index in [-0.39, 0.29) is 13.2 Å². The van der Waals surface area contributed by atoms with Crippen LogP contribution >= 0.6 is 0 Å². The topological polar surface area (TPSA) is 134 Å². The molecule has 1 heterocycles. The Kier molecular flexibility index (Phi) is 9.07. The molecule has 0 saturated carbocycles. The molecule has 3 amide bonds. The molecule has 2 rings (SSSR count). The fourth-order valence-electron chi connectivity index (χ4n) is 3.50. The summed E-state index contributed by atoms with van der Waals surface area (Å²) in [5, 5.41) is 14.6. The van der Waals surface area contributed by atoms with Gasteiger partial charge in [-0.2, -0.15) is 0 Å². The van der Waals surface area contributed by atoms with Gasteiger partial charge in [0.1, 0.15) is 24.3 Å². The predicted octanol–water partition coefficient (Wildman–Crippen LogP) is 2.66. The highest BCUT2D eigenvalue weighted by atomic mass is 16.6. The summed E-state index contributed by atoms with van der Waals surface area (Å²) < 4.78 is 10.5. The maximum atomic E-state index is 13.3. The van der Waals surface area contributed by atoms with E-state index in [9.17, 15) is 24.3 Å². The third-order valence-corrected chi connectivity index (χ3v) is 5.07. The van der Waals surface area contributed by atoms with E-state index >= 15 is 0 Å². The number of nitrogens with one attached hydrogen (secondary N) is 2. The molecule has 10 nitrogen and oxygen atoms in total. The molecule has 0 spiro atoms. The van der Waals surface area contributed by atoms with E-state index < -0.39 is 47.8 Å². The zero-order chi connectivity index (χ0) is 24.6. The normalized spacial score (nSPS) is 17.9. The SMILES string of the molecule is CC(NC(=O)OC(C)(C)C)C(NC(=O)OCc1ccccc1)C(=O)N1CCCCC1C(=O)O. The van der Waals surface area contributed by atoms with Gasteiger partial charge in [-0.05, 0) is 52.5 Å². The Labute approximate surface area is 193 Å². The molecule has 10 heteroatoms. The number of hydrogen-bond donors (Lipinski definition) is 3. The minimum Gasteiger partial charge on any atom is -0.480 e. The Morgan fingerprint density at radius 2 is 1.76 bits per heavy atom. The third-order valence-electron chi connectivity index (χ3n) is 5.07. The lowest BCUT2D eigenvalue weighted by molar-refractivity contribution is -0.153. The van der Waals surface area contributed by atoms with Crippen LogP contribution in [0.1, 0.15) is 52.5 Å². The number of aliphatic carboxylic acids is 1. The molecule has 3 unspecified atom stereocenters. The Morgan fingerprint density at radius 3 is 2.36 bits per heavy atom. The van der Waals surface area contributed by atoms with E-state index in [1.807, 2.05) is 6.07 Å². The lowest BCUT2D eigenvalue weighted by Crippen LogP contribution is -2.61. The first-order valence-corrected chi connectivity index (χ1v) is 11.0. The molecular formula is C23H33N3O7. The van der Waals surface area contributed by atoms with Crippen molar-refractivity contribution in [3.05, 3.63) is 35.9 Å². The second-order valence-electron chi connectivity index (χ2n) is 9.00. The molecule has 0 aliphatic carbocycles. The van der Waals surface area contributed by atoms with Crippen molar-refractivity contribution in [2.75, 3.05) is 6.54 Å². The number of likely N-dealkylation sites (tertiary alicyclic amines) is 1. The Morgan fingerprint density at radius 1 is 1.09 bits per heavy atom. The van der Waals surface area contributed by atoms with Crippen molar-refractivity contribution < 1.29 is 33.8 Å². The number of carboxylic acids is 1. The van der Waals surface area contributed by atoms with Crippen LogP contribution in [0, 0.1) is 0 Å². The Balaban J connectivity index is 2.15. The summed E-state index contributed by atoms with van der Waals surface area (Å²) in [5.41, 5.74) is 0.00419. The van der Waals surface area contributed by atoms with Crippen molar-refractivity contribution in [3.63, 3.8) is 0 Å². The van der Waals surface area contributed by atoms with E-state index in [0.29, 0.717) is 19.3 Å².